The molecule has 0 radical (unpaired) electrons. The van der Waals surface area contributed by atoms with Gasteiger partial charge >= 0.3 is 12.0 Å². The van der Waals surface area contributed by atoms with Gasteiger partial charge < -0.3 is 24.8 Å². The molecule has 0 bridgehead atoms. The molecule has 3 rings (SSSR count). The first kappa shape index (κ1) is 17.5. The molecule has 2 amide bonds. The number of hydrogen-bond donors (Lipinski definition) is 2. The van der Waals surface area contributed by atoms with Gasteiger partial charge in [0.05, 0.1) is 26.3 Å². The van der Waals surface area contributed by atoms with Crippen LogP contribution in [0.1, 0.15) is 21.6 Å². The highest BCUT2D eigenvalue weighted by molar-refractivity contribution is 5.92. The average molecular weight is 357 g/mol. The zero-order valence-corrected chi connectivity index (χ0v) is 14.5. The van der Waals surface area contributed by atoms with Gasteiger partial charge in [-0.3, -0.25) is 4.98 Å². The molecule has 0 unspecified atom stereocenters. The number of carboxylic acids is 1. The van der Waals surface area contributed by atoms with Crippen LogP contribution in [0.3, 0.4) is 0 Å². The summed E-state index contributed by atoms with van der Waals surface area (Å²) in [5, 5.41) is 12.1. The van der Waals surface area contributed by atoms with Crippen LogP contribution in [0, 0.1) is 0 Å². The molecule has 136 valence electrons. The first-order chi connectivity index (χ1) is 12.5. The van der Waals surface area contributed by atoms with Crippen molar-refractivity contribution in [1.82, 2.24) is 9.88 Å². The van der Waals surface area contributed by atoms with Crippen LogP contribution in [0.5, 0.6) is 11.5 Å². The van der Waals surface area contributed by atoms with Crippen LogP contribution >= 0.6 is 0 Å². The molecule has 1 aromatic carbocycles. The van der Waals surface area contributed by atoms with Gasteiger partial charge in [0.15, 0.2) is 11.5 Å². The van der Waals surface area contributed by atoms with E-state index in [1.54, 1.807) is 23.1 Å². The van der Waals surface area contributed by atoms with E-state index in [0.717, 1.165) is 5.69 Å². The van der Waals surface area contributed by atoms with E-state index >= 15 is 0 Å². The molecule has 2 N–H and O–H groups in total. The number of aromatic carboxylic acids is 1. The van der Waals surface area contributed by atoms with Crippen molar-refractivity contribution in [3.8, 4) is 11.5 Å². The largest absolute Gasteiger partial charge is 0.493 e. The molecule has 8 nitrogen and oxygen atoms in total. The Bertz CT molecular complexity index is 853. The summed E-state index contributed by atoms with van der Waals surface area (Å²) in [5.41, 5.74) is 2.04. The molecule has 1 aromatic heterocycles. The maximum atomic E-state index is 12.6. The number of benzene rings is 1. The first-order valence-electron chi connectivity index (χ1n) is 8.01. The van der Waals surface area contributed by atoms with E-state index in [0.29, 0.717) is 35.7 Å². The lowest BCUT2D eigenvalue weighted by Crippen LogP contribution is -2.39. The third kappa shape index (κ3) is 3.39. The average Bonchev–Trinajstić information content (AvgIpc) is 2.66. The van der Waals surface area contributed by atoms with Gasteiger partial charge in [-0.2, -0.15) is 0 Å². The van der Waals surface area contributed by atoms with Gasteiger partial charge in [0.25, 0.3) is 0 Å². The molecule has 0 spiro atoms. The molecule has 26 heavy (non-hydrogen) atoms. The minimum absolute atomic E-state index is 0.179. The number of pyridine rings is 1. The number of carbonyl (C=O) groups excluding carboxylic acids is 1. The number of amides is 2. The number of hydrogen-bond acceptors (Lipinski definition) is 5. The summed E-state index contributed by atoms with van der Waals surface area (Å²) in [4.78, 5) is 29.8. The van der Waals surface area contributed by atoms with Crippen molar-refractivity contribution >= 4 is 17.7 Å². The van der Waals surface area contributed by atoms with Gasteiger partial charge in [-0.25, -0.2) is 9.59 Å². The molecule has 1 aliphatic heterocycles. The Morgan fingerprint density at radius 2 is 1.96 bits per heavy atom. The second-order valence-electron chi connectivity index (χ2n) is 5.76. The molecule has 0 saturated carbocycles. The molecule has 2 heterocycles. The van der Waals surface area contributed by atoms with Crippen molar-refractivity contribution in [2.45, 2.75) is 13.0 Å². The summed E-state index contributed by atoms with van der Waals surface area (Å²) in [6.07, 6.45) is 2.00. The predicted molar refractivity (Wildman–Crippen MR) is 93.9 cm³/mol. The number of nitrogens with one attached hydrogen (secondary N) is 1. The first-order valence-corrected chi connectivity index (χ1v) is 8.01. The molecule has 0 saturated heterocycles. The molecule has 0 aliphatic carbocycles. The molecule has 1 aliphatic rings. The van der Waals surface area contributed by atoms with Crippen LogP contribution < -0.4 is 14.8 Å². The third-order valence-electron chi connectivity index (χ3n) is 4.26. The number of nitrogens with zero attached hydrogens (tertiary/aromatic N) is 2. The van der Waals surface area contributed by atoms with Gasteiger partial charge in [0.2, 0.25) is 0 Å². The van der Waals surface area contributed by atoms with Crippen LogP contribution in [0.25, 0.3) is 0 Å². The molecule has 2 aromatic rings. The van der Waals surface area contributed by atoms with Crippen LogP contribution in [0.15, 0.2) is 30.5 Å². The summed E-state index contributed by atoms with van der Waals surface area (Å²) in [6, 6.07) is 6.21. The topological polar surface area (TPSA) is 101 Å². The van der Waals surface area contributed by atoms with E-state index in [9.17, 15) is 14.7 Å². The Hall–Kier alpha value is -3.29. The quantitative estimate of drug-likeness (QED) is 0.871. The summed E-state index contributed by atoms with van der Waals surface area (Å²) in [6.45, 7) is 0.659. The predicted octanol–water partition coefficient (Wildman–Crippen LogP) is 2.39. The lowest BCUT2D eigenvalue weighted by Gasteiger charge is -2.29. The normalized spacial score (nSPS) is 12.9. The van der Waals surface area contributed by atoms with Crippen molar-refractivity contribution in [1.29, 1.82) is 0 Å². The second kappa shape index (κ2) is 7.30. The fourth-order valence-electron chi connectivity index (χ4n) is 2.93. The number of methoxy groups -OCH3 is 2. The van der Waals surface area contributed by atoms with Gasteiger partial charge in [0.1, 0.15) is 0 Å². The monoisotopic (exact) mass is 357 g/mol. The highest BCUT2D eigenvalue weighted by Gasteiger charge is 2.25. The number of urea groups is 1. The fraction of sp³-hybridized carbons (Fsp3) is 0.278. The number of carboxylic acid groups (broad SMARTS) is 1. The van der Waals surface area contributed by atoms with Gasteiger partial charge in [-0.1, -0.05) is 0 Å². The van der Waals surface area contributed by atoms with E-state index in [-0.39, 0.29) is 18.1 Å². The van der Waals surface area contributed by atoms with Gasteiger partial charge in [-0.15, -0.1) is 0 Å². The minimum Gasteiger partial charge on any atom is -0.493 e. The van der Waals surface area contributed by atoms with Gasteiger partial charge in [0, 0.05) is 42.2 Å². The summed E-state index contributed by atoms with van der Waals surface area (Å²) >= 11 is 0. The van der Waals surface area contributed by atoms with E-state index in [1.165, 1.54) is 26.5 Å². The van der Waals surface area contributed by atoms with E-state index in [2.05, 4.69) is 10.3 Å². The number of anilines is 1. The third-order valence-corrected chi connectivity index (χ3v) is 4.26. The highest BCUT2D eigenvalue weighted by Crippen LogP contribution is 2.30. The zero-order chi connectivity index (χ0) is 18.7. The maximum Gasteiger partial charge on any atom is 0.336 e. The summed E-state index contributed by atoms with van der Waals surface area (Å²) in [7, 11) is 3.06. The van der Waals surface area contributed by atoms with E-state index in [1.807, 2.05) is 0 Å². The number of aromatic nitrogens is 1. The number of ether oxygens (including phenoxy) is 2. The summed E-state index contributed by atoms with van der Waals surface area (Å²) in [5.74, 6) is 0.0482. The van der Waals surface area contributed by atoms with E-state index < -0.39 is 5.97 Å². The van der Waals surface area contributed by atoms with Crippen LogP contribution in [-0.4, -0.2) is 47.8 Å². The standard InChI is InChI=1S/C18H19N3O5/c1-25-15-4-3-11(9-16(15)26-2)20-18(24)21-8-6-14-13(10-21)12(17(22)23)5-7-19-14/h3-5,7,9H,6,8,10H2,1-2H3,(H,20,24)(H,22,23). The Balaban J connectivity index is 1.77. The van der Waals surface area contributed by atoms with Crippen molar-refractivity contribution in [3.63, 3.8) is 0 Å². The van der Waals surface area contributed by atoms with E-state index in [4.69, 9.17) is 9.47 Å². The zero-order valence-electron chi connectivity index (χ0n) is 14.5. The van der Waals surface area contributed by atoms with Crippen LogP contribution in [0.2, 0.25) is 0 Å². The van der Waals surface area contributed by atoms with Crippen molar-refractivity contribution in [2.75, 3.05) is 26.1 Å². The molecular weight excluding hydrogens is 338 g/mol. The molecule has 0 atom stereocenters. The van der Waals surface area contributed by atoms with Crippen molar-refractivity contribution < 1.29 is 24.2 Å². The Morgan fingerprint density at radius 1 is 1.19 bits per heavy atom. The smallest absolute Gasteiger partial charge is 0.336 e. The fourth-order valence-corrected chi connectivity index (χ4v) is 2.93. The molecular formula is C18H19N3O5. The number of carbonyl (C=O) groups is 2. The SMILES string of the molecule is COc1ccc(NC(=O)N2CCc3nccc(C(=O)O)c3C2)cc1OC. The molecule has 0 fully saturated rings. The Morgan fingerprint density at radius 3 is 2.65 bits per heavy atom. The highest BCUT2D eigenvalue weighted by atomic mass is 16.5. The van der Waals surface area contributed by atoms with Crippen molar-refractivity contribution in [3.05, 3.63) is 47.3 Å². The lowest BCUT2D eigenvalue weighted by molar-refractivity contribution is 0.0693. The lowest BCUT2D eigenvalue weighted by atomic mass is 10.0. The Labute approximate surface area is 150 Å². The maximum absolute atomic E-state index is 12.6. The Kier molecular flexibility index (Phi) is 4.92. The van der Waals surface area contributed by atoms with Crippen LogP contribution in [0.4, 0.5) is 10.5 Å². The number of fused-ring (bicyclic) bond motifs is 1. The van der Waals surface area contributed by atoms with Crippen LogP contribution in [-0.2, 0) is 13.0 Å². The number of rotatable bonds is 4. The van der Waals surface area contributed by atoms with Gasteiger partial charge in [-0.05, 0) is 18.2 Å². The second-order valence-corrected chi connectivity index (χ2v) is 5.76. The van der Waals surface area contributed by atoms with Crippen molar-refractivity contribution in [2.24, 2.45) is 0 Å². The molecule has 8 heteroatoms. The minimum atomic E-state index is -1.02. The summed E-state index contributed by atoms with van der Waals surface area (Å²) < 4.78 is 10.4.